The lowest BCUT2D eigenvalue weighted by molar-refractivity contribution is -0.384. The zero-order chi connectivity index (χ0) is 22.7. The Labute approximate surface area is 181 Å². The largest absolute Gasteiger partial charge is 0.507 e. The van der Waals surface area contributed by atoms with Crippen molar-refractivity contribution in [3.8, 4) is 0 Å². The number of non-ortho nitro benzene ring substituents is 1. The Kier molecular flexibility index (Phi) is 6.36. The fourth-order valence-corrected chi connectivity index (χ4v) is 3.53. The highest BCUT2D eigenvalue weighted by molar-refractivity contribution is 6.46. The van der Waals surface area contributed by atoms with E-state index in [4.69, 9.17) is 16.7 Å². The third kappa shape index (κ3) is 4.56. The standard InChI is InChI=1S/C21H17ClN2O7/c22-14-7-3-12(4-8-14)18-17(19(27)13-5-9-15(10-6-13)24(30)31)20(28)21(29)23(18)11-1-2-16(25)26/h3-10,18,27H,1-2,11H2,(H,25,26)/b19-17+. The highest BCUT2D eigenvalue weighted by Crippen LogP contribution is 2.40. The van der Waals surface area contributed by atoms with Crippen molar-refractivity contribution in [2.75, 3.05) is 6.54 Å². The number of nitro groups is 1. The molecule has 160 valence electrons. The topological polar surface area (TPSA) is 138 Å². The number of aliphatic hydroxyl groups is 1. The molecule has 0 radical (unpaired) electrons. The molecule has 10 heteroatoms. The predicted molar refractivity (Wildman–Crippen MR) is 110 cm³/mol. The molecule has 1 saturated heterocycles. The first-order valence-corrected chi connectivity index (χ1v) is 9.59. The Balaban J connectivity index is 2.08. The summed E-state index contributed by atoms with van der Waals surface area (Å²) in [5.41, 5.74) is 0.256. The van der Waals surface area contributed by atoms with E-state index in [-0.39, 0.29) is 36.2 Å². The van der Waals surface area contributed by atoms with Crippen molar-refractivity contribution in [3.05, 3.63) is 80.4 Å². The second-order valence-corrected chi connectivity index (χ2v) is 7.28. The first-order valence-electron chi connectivity index (χ1n) is 9.21. The number of hydrogen-bond donors (Lipinski definition) is 2. The maximum absolute atomic E-state index is 12.8. The number of nitrogens with zero attached hydrogens (tertiary/aromatic N) is 2. The summed E-state index contributed by atoms with van der Waals surface area (Å²) in [6.45, 7) is -0.0127. The van der Waals surface area contributed by atoms with Crippen molar-refractivity contribution < 1.29 is 29.5 Å². The van der Waals surface area contributed by atoms with Crippen LogP contribution in [0.4, 0.5) is 5.69 Å². The van der Waals surface area contributed by atoms with Gasteiger partial charge >= 0.3 is 5.97 Å². The molecule has 0 aromatic heterocycles. The van der Waals surface area contributed by atoms with E-state index in [9.17, 15) is 29.6 Å². The van der Waals surface area contributed by atoms with Crippen LogP contribution in [0.2, 0.25) is 5.02 Å². The molecule has 2 aromatic carbocycles. The number of carbonyl (C=O) groups excluding carboxylic acids is 2. The maximum atomic E-state index is 12.8. The van der Waals surface area contributed by atoms with Gasteiger partial charge in [-0.1, -0.05) is 23.7 Å². The molecule has 0 spiro atoms. The molecule has 2 aromatic rings. The number of rotatable bonds is 7. The minimum atomic E-state index is -1.04. The van der Waals surface area contributed by atoms with Gasteiger partial charge in [0, 0.05) is 35.7 Å². The van der Waals surface area contributed by atoms with Crippen LogP contribution >= 0.6 is 11.6 Å². The number of carbonyl (C=O) groups is 3. The Hall–Kier alpha value is -3.72. The molecular weight excluding hydrogens is 428 g/mol. The van der Waals surface area contributed by atoms with Crippen LogP contribution in [0.5, 0.6) is 0 Å². The van der Waals surface area contributed by atoms with E-state index in [0.29, 0.717) is 10.6 Å². The van der Waals surface area contributed by atoms with E-state index >= 15 is 0 Å². The number of Topliss-reactive ketones (excluding diaryl/α,β-unsaturated/α-hetero) is 1. The second kappa shape index (κ2) is 8.97. The van der Waals surface area contributed by atoms with Crippen molar-refractivity contribution >= 4 is 40.7 Å². The van der Waals surface area contributed by atoms with Gasteiger partial charge in [0.25, 0.3) is 17.4 Å². The smallest absolute Gasteiger partial charge is 0.303 e. The summed E-state index contributed by atoms with van der Waals surface area (Å²) in [5.74, 6) is -3.31. The van der Waals surface area contributed by atoms with Crippen LogP contribution < -0.4 is 0 Å². The second-order valence-electron chi connectivity index (χ2n) is 6.85. The van der Waals surface area contributed by atoms with E-state index < -0.39 is 34.4 Å². The summed E-state index contributed by atoms with van der Waals surface area (Å²) in [5, 5.41) is 31.0. The van der Waals surface area contributed by atoms with Crippen molar-refractivity contribution in [1.29, 1.82) is 0 Å². The third-order valence-electron chi connectivity index (χ3n) is 4.87. The zero-order valence-electron chi connectivity index (χ0n) is 16.0. The first kappa shape index (κ1) is 22.0. The Morgan fingerprint density at radius 1 is 1.06 bits per heavy atom. The van der Waals surface area contributed by atoms with Crippen LogP contribution in [0.15, 0.2) is 54.1 Å². The number of aliphatic carboxylic acids is 1. The van der Waals surface area contributed by atoms with Gasteiger partial charge < -0.3 is 15.1 Å². The van der Waals surface area contributed by atoms with Gasteiger partial charge in [-0.25, -0.2) is 0 Å². The van der Waals surface area contributed by atoms with Crippen LogP contribution in [0.1, 0.15) is 30.0 Å². The van der Waals surface area contributed by atoms with E-state index in [2.05, 4.69) is 0 Å². The molecule has 1 amide bonds. The number of ketones is 1. The van der Waals surface area contributed by atoms with Crippen LogP contribution in [0.25, 0.3) is 5.76 Å². The quantitative estimate of drug-likeness (QED) is 0.219. The number of aliphatic hydroxyl groups excluding tert-OH is 1. The molecule has 0 saturated carbocycles. The van der Waals surface area contributed by atoms with E-state index in [1.54, 1.807) is 24.3 Å². The van der Waals surface area contributed by atoms with Gasteiger partial charge in [0.2, 0.25) is 0 Å². The lowest BCUT2D eigenvalue weighted by Crippen LogP contribution is -2.31. The van der Waals surface area contributed by atoms with Gasteiger partial charge in [-0.05, 0) is 36.2 Å². The number of benzene rings is 2. The molecule has 0 aliphatic carbocycles. The van der Waals surface area contributed by atoms with Crippen LogP contribution in [0.3, 0.4) is 0 Å². The molecule has 31 heavy (non-hydrogen) atoms. The highest BCUT2D eigenvalue weighted by atomic mass is 35.5. The van der Waals surface area contributed by atoms with Gasteiger partial charge in [0.15, 0.2) is 0 Å². The van der Waals surface area contributed by atoms with Crippen LogP contribution in [0, 0.1) is 10.1 Å². The Morgan fingerprint density at radius 2 is 1.68 bits per heavy atom. The third-order valence-corrected chi connectivity index (χ3v) is 5.12. The van der Waals surface area contributed by atoms with E-state index in [1.165, 1.54) is 29.2 Å². The molecule has 1 aliphatic heterocycles. The number of nitro benzene ring substituents is 1. The number of hydrogen-bond acceptors (Lipinski definition) is 6. The molecule has 1 unspecified atom stereocenters. The van der Waals surface area contributed by atoms with Gasteiger partial charge in [0.05, 0.1) is 16.5 Å². The molecule has 1 fully saturated rings. The van der Waals surface area contributed by atoms with Gasteiger partial charge in [0.1, 0.15) is 5.76 Å². The van der Waals surface area contributed by atoms with Crippen molar-refractivity contribution in [3.63, 3.8) is 0 Å². The highest BCUT2D eigenvalue weighted by Gasteiger charge is 2.45. The summed E-state index contributed by atoms with van der Waals surface area (Å²) in [7, 11) is 0. The first-order chi connectivity index (χ1) is 14.7. The monoisotopic (exact) mass is 444 g/mol. The Bertz CT molecular complexity index is 1080. The van der Waals surface area contributed by atoms with Crippen LogP contribution in [-0.4, -0.2) is 44.2 Å². The lowest BCUT2D eigenvalue weighted by atomic mass is 9.95. The number of amides is 1. The Morgan fingerprint density at radius 3 is 2.23 bits per heavy atom. The number of carboxylic acids is 1. The van der Waals surface area contributed by atoms with Gasteiger partial charge in [-0.3, -0.25) is 24.5 Å². The van der Waals surface area contributed by atoms with Crippen molar-refractivity contribution in [2.24, 2.45) is 0 Å². The van der Waals surface area contributed by atoms with Crippen molar-refractivity contribution in [1.82, 2.24) is 4.90 Å². The lowest BCUT2D eigenvalue weighted by Gasteiger charge is -2.25. The fraction of sp³-hybridized carbons (Fsp3) is 0.190. The fourth-order valence-electron chi connectivity index (χ4n) is 3.40. The normalized spacial score (nSPS) is 17.7. The summed E-state index contributed by atoms with van der Waals surface area (Å²) in [4.78, 5) is 47.8. The molecule has 1 heterocycles. The molecule has 0 bridgehead atoms. The average molecular weight is 445 g/mol. The predicted octanol–water partition coefficient (Wildman–Crippen LogP) is 3.53. The maximum Gasteiger partial charge on any atom is 0.303 e. The minimum Gasteiger partial charge on any atom is -0.507 e. The number of halogens is 1. The van der Waals surface area contributed by atoms with Gasteiger partial charge in [-0.2, -0.15) is 0 Å². The molecule has 3 rings (SSSR count). The van der Waals surface area contributed by atoms with E-state index in [0.717, 1.165) is 0 Å². The summed E-state index contributed by atoms with van der Waals surface area (Å²) >= 11 is 5.94. The molecule has 1 atom stereocenters. The number of carboxylic acid groups (broad SMARTS) is 1. The zero-order valence-corrected chi connectivity index (χ0v) is 16.8. The minimum absolute atomic E-state index is 0.0127. The summed E-state index contributed by atoms with van der Waals surface area (Å²) in [6, 6.07) is 10.3. The van der Waals surface area contributed by atoms with Crippen molar-refractivity contribution in [2.45, 2.75) is 18.9 Å². The molecular formula is C21H17ClN2O7. The number of likely N-dealkylation sites (tertiary alicyclic amines) is 1. The molecule has 2 N–H and O–H groups in total. The van der Waals surface area contributed by atoms with Gasteiger partial charge in [-0.15, -0.1) is 0 Å². The SMILES string of the molecule is O=C(O)CCCN1C(=O)C(=O)/C(=C(/O)c2ccc([N+](=O)[O-])cc2)C1c1ccc(Cl)cc1. The average Bonchev–Trinajstić information content (AvgIpc) is 2.98. The molecule has 1 aliphatic rings. The summed E-state index contributed by atoms with van der Waals surface area (Å²) < 4.78 is 0. The summed E-state index contributed by atoms with van der Waals surface area (Å²) in [6.07, 6.45) is -0.0806. The molecule has 9 nitrogen and oxygen atoms in total. The van der Waals surface area contributed by atoms with E-state index in [1.807, 2.05) is 0 Å². The van der Waals surface area contributed by atoms with Crippen LogP contribution in [-0.2, 0) is 14.4 Å².